The molecule has 0 bridgehead atoms. The predicted octanol–water partition coefficient (Wildman–Crippen LogP) is 0.00632. The van der Waals surface area contributed by atoms with Crippen molar-refractivity contribution in [2.24, 2.45) is 0 Å². The highest BCUT2D eigenvalue weighted by atomic mass is 32.2. The summed E-state index contributed by atoms with van der Waals surface area (Å²) in [6, 6.07) is 4.40. The monoisotopic (exact) mass is 401 g/mol. The van der Waals surface area contributed by atoms with Gasteiger partial charge in [0.15, 0.2) is 5.79 Å². The van der Waals surface area contributed by atoms with Gasteiger partial charge in [-0.25, -0.2) is 8.42 Å². The fraction of sp³-hybridized carbons (Fsp3) is 0.588. The lowest BCUT2D eigenvalue weighted by Crippen LogP contribution is -2.53. The smallest absolute Gasteiger partial charge is 0.324 e. The van der Waals surface area contributed by atoms with Crippen LogP contribution in [0.15, 0.2) is 29.2 Å². The molecule has 2 aliphatic heterocycles. The largest absolute Gasteiger partial charge is 0.480 e. The molecular formula is C17H23NO8S. The van der Waals surface area contributed by atoms with Gasteiger partial charge in [0.2, 0.25) is 10.0 Å². The molecule has 0 saturated carbocycles. The number of sulfonamides is 1. The maximum absolute atomic E-state index is 12.6. The van der Waals surface area contributed by atoms with Crippen LogP contribution in [0.3, 0.4) is 0 Å². The Morgan fingerprint density at radius 1 is 1.22 bits per heavy atom. The molecule has 0 spiro atoms. The van der Waals surface area contributed by atoms with Gasteiger partial charge >= 0.3 is 5.97 Å². The summed E-state index contributed by atoms with van der Waals surface area (Å²) < 4.78 is 44.5. The number of hydrogen-bond donors (Lipinski definition) is 3. The number of carboxylic acid groups (broad SMARTS) is 1. The minimum Gasteiger partial charge on any atom is -0.480 e. The molecule has 0 unspecified atom stereocenters. The van der Waals surface area contributed by atoms with Crippen molar-refractivity contribution in [3.8, 4) is 0 Å². The molecule has 0 radical (unpaired) electrons. The Kier molecular flexibility index (Phi) is 5.32. The van der Waals surface area contributed by atoms with Gasteiger partial charge in [-0.15, -0.1) is 0 Å². The standard InChI is InChI=1S/C17H23NO8S/c1-9-4-6-10(7-5-9)27(22,23)18-12(16(20)21)14-15-13(11(8-19)24-14)25-17(2,3)26-15/h4-7,11-15,18-19H,8H2,1-3H3,(H,20,21)/t11-,12-,13-,14+,15-/m0/s1. The lowest BCUT2D eigenvalue weighted by Gasteiger charge is -2.27. The molecule has 27 heavy (non-hydrogen) atoms. The second kappa shape index (κ2) is 7.12. The van der Waals surface area contributed by atoms with Gasteiger partial charge in [-0.1, -0.05) is 17.7 Å². The van der Waals surface area contributed by atoms with E-state index in [9.17, 15) is 23.4 Å². The molecular weight excluding hydrogens is 378 g/mol. The van der Waals surface area contributed by atoms with E-state index in [2.05, 4.69) is 4.72 Å². The van der Waals surface area contributed by atoms with E-state index in [1.54, 1.807) is 26.0 Å². The second-order valence-electron chi connectivity index (χ2n) is 7.14. The SMILES string of the molecule is Cc1ccc(S(=O)(=O)N[C@H](C(=O)O)[C@H]2O[C@@H](CO)[C@@H]3OC(C)(C)O[C@@H]32)cc1. The number of aliphatic carboxylic acids is 1. The zero-order valence-electron chi connectivity index (χ0n) is 15.2. The molecule has 1 aromatic carbocycles. The van der Waals surface area contributed by atoms with Crippen molar-refractivity contribution in [2.45, 2.75) is 61.9 Å². The van der Waals surface area contributed by atoms with E-state index in [0.29, 0.717) is 0 Å². The zero-order chi connectivity index (χ0) is 20.0. The number of hydrogen-bond acceptors (Lipinski definition) is 7. The fourth-order valence-corrected chi connectivity index (χ4v) is 4.54. The van der Waals surface area contributed by atoms with Crippen LogP contribution in [-0.2, 0) is 29.0 Å². The second-order valence-corrected chi connectivity index (χ2v) is 8.85. The zero-order valence-corrected chi connectivity index (χ0v) is 16.0. The van der Waals surface area contributed by atoms with Crippen molar-refractivity contribution in [1.29, 1.82) is 0 Å². The van der Waals surface area contributed by atoms with Gasteiger partial charge in [0.1, 0.15) is 30.5 Å². The molecule has 10 heteroatoms. The summed E-state index contributed by atoms with van der Waals surface area (Å²) in [5.41, 5.74) is 0.871. The number of aliphatic hydroxyl groups is 1. The molecule has 3 N–H and O–H groups in total. The van der Waals surface area contributed by atoms with Crippen molar-refractivity contribution in [3.63, 3.8) is 0 Å². The summed E-state index contributed by atoms with van der Waals surface area (Å²) in [5.74, 6) is -2.41. The minimum atomic E-state index is -4.11. The van der Waals surface area contributed by atoms with Crippen LogP contribution in [0.25, 0.3) is 0 Å². The van der Waals surface area contributed by atoms with Crippen LogP contribution in [0.5, 0.6) is 0 Å². The van der Waals surface area contributed by atoms with E-state index in [-0.39, 0.29) is 4.90 Å². The first-order valence-electron chi connectivity index (χ1n) is 8.48. The van der Waals surface area contributed by atoms with Gasteiger partial charge in [0, 0.05) is 0 Å². The average Bonchev–Trinajstić information content (AvgIpc) is 3.05. The molecule has 9 nitrogen and oxygen atoms in total. The summed E-state index contributed by atoms with van der Waals surface area (Å²) in [5, 5.41) is 19.1. The minimum absolute atomic E-state index is 0.0588. The number of nitrogens with one attached hydrogen (secondary N) is 1. The van der Waals surface area contributed by atoms with Crippen molar-refractivity contribution in [3.05, 3.63) is 29.8 Å². The lowest BCUT2D eigenvalue weighted by molar-refractivity contribution is -0.194. The molecule has 1 aromatic rings. The van der Waals surface area contributed by atoms with Gasteiger partial charge in [0.25, 0.3) is 0 Å². The topological polar surface area (TPSA) is 131 Å². The summed E-state index contributed by atoms with van der Waals surface area (Å²) in [7, 11) is -4.11. The Labute approximate surface area is 157 Å². The van der Waals surface area contributed by atoms with Crippen LogP contribution in [0.4, 0.5) is 0 Å². The van der Waals surface area contributed by atoms with Crippen LogP contribution in [-0.4, -0.2) is 67.5 Å². The van der Waals surface area contributed by atoms with Crippen LogP contribution < -0.4 is 4.72 Å². The van der Waals surface area contributed by atoms with Gasteiger partial charge in [0.05, 0.1) is 11.5 Å². The third kappa shape index (κ3) is 4.00. The van der Waals surface area contributed by atoms with Crippen LogP contribution in [0.1, 0.15) is 19.4 Å². The number of carboxylic acids is 1. The van der Waals surface area contributed by atoms with Crippen LogP contribution >= 0.6 is 0 Å². The van der Waals surface area contributed by atoms with E-state index in [0.717, 1.165) is 5.56 Å². The summed E-state index contributed by atoms with van der Waals surface area (Å²) in [6.07, 6.45) is -3.50. The summed E-state index contributed by atoms with van der Waals surface area (Å²) in [6.45, 7) is 4.71. The average molecular weight is 401 g/mol. The first-order valence-corrected chi connectivity index (χ1v) is 9.96. The first-order chi connectivity index (χ1) is 12.5. The number of ether oxygens (including phenoxy) is 3. The predicted molar refractivity (Wildman–Crippen MR) is 92.5 cm³/mol. The molecule has 3 rings (SSSR count). The van der Waals surface area contributed by atoms with E-state index in [4.69, 9.17) is 14.2 Å². The summed E-state index contributed by atoms with van der Waals surface area (Å²) in [4.78, 5) is 11.8. The molecule has 5 atom stereocenters. The third-order valence-electron chi connectivity index (χ3n) is 4.57. The maximum Gasteiger partial charge on any atom is 0.324 e. The van der Waals surface area contributed by atoms with Crippen LogP contribution in [0.2, 0.25) is 0 Å². The van der Waals surface area contributed by atoms with E-state index < -0.39 is 58.8 Å². The maximum atomic E-state index is 12.6. The van der Waals surface area contributed by atoms with Crippen molar-refractivity contribution in [2.75, 3.05) is 6.61 Å². The third-order valence-corrected chi connectivity index (χ3v) is 6.03. The lowest BCUT2D eigenvalue weighted by atomic mass is 10.0. The Morgan fingerprint density at radius 2 is 1.81 bits per heavy atom. The summed E-state index contributed by atoms with van der Waals surface area (Å²) >= 11 is 0. The number of carbonyl (C=O) groups is 1. The van der Waals surface area contributed by atoms with E-state index >= 15 is 0 Å². The molecule has 2 aliphatic rings. The number of fused-ring (bicyclic) bond motifs is 1. The van der Waals surface area contributed by atoms with E-state index in [1.165, 1.54) is 12.1 Å². The molecule has 2 fully saturated rings. The number of rotatable bonds is 6. The molecule has 0 aliphatic carbocycles. The molecule has 150 valence electrons. The van der Waals surface area contributed by atoms with Gasteiger partial charge in [-0.3, -0.25) is 4.79 Å². The molecule has 2 saturated heterocycles. The van der Waals surface area contributed by atoms with Gasteiger partial charge in [-0.05, 0) is 32.9 Å². The Hall–Kier alpha value is -1.56. The quantitative estimate of drug-likeness (QED) is 0.607. The van der Waals surface area contributed by atoms with Gasteiger partial charge in [-0.2, -0.15) is 4.72 Å². The number of aryl methyl sites for hydroxylation is 1. The molecule has 0 aromatic heterocycles. The van der Waals surface area contributed by atoms with Crippen molar-refractivity contribution < 1.29 is 37.6 Å². The fourth-order valence-electron chi connectivity index (χ4n) is 3.34. The number of aliphatic hydroxyl groups excluding tert-OH is 1. The highest BCUT2D eigenvalue weighted by Gasteiger charge is 2.58. The highest BCUT2D eigenvalue weighted by molar-refractivity contribution is 7.89. The normalized spacial score (nSPS) is 30.8. The Balaban J connectivity index is 1.87. The highest BCUT2D eigenvalue weighted by Crippen LogP contribution is 2.39. The Morgan fingerprint density at radius 3 is 2.37 bits per heavy atom. The van der Waals surface area contributed by atoms with Crippen molar-refractivity contribution in [1.82, 2.24) is 4.72 Å². The molecule has 2 heterocycles. The first kappa shape index (κ1) is 20.2. The van der Waals surface area contributed by atoms with Crippen LogP contribution in [0, 0.1) is 6.92 Å². The number of benzene rings is 1. The van der Waals surface area contributed by atoms with Crippen molar-refractivity contribution >= 4 is 16.0 Å². The van der Waals surface area contributed by atoms with Gasteiger partial charge < -0.3 is 24.4 Å². The van der Waals surface area contributed by atoms with E-state index in [1.807, 2.05) is 6.92 Å². The Bertz CT molecular complexity index is 807. The molecule has 0 amide bonds.